The third-order valence-corrected chi connectivity index (χ3v) is 0.965. The van der Waals surface area contributed by atoms with Gasteiger partial charge in [0.25, 0.3) is 0 Å². The van der Waals surface area contributed by atoms with Crippen LogP contribution in [0.15, 0.2) is 0 Å². The number of nitrogens with zero attached hydrogens (tertiary/aromatic N) is 1. The molecule has 0 unspecified atom stereocenters. The van der Waals surface area contributed by atoms with Crippen LogP contribution in [-0.2, 0) is 4.74 Å². The second-order valence-electron chi connectivity index (χ2n) is 1.63. The van der Waals surface area contributed by atoms with Crippen LogP contribution in [0.1, 0.15) is 6.42 Å². The predicted molar refractivity (Wildman–Crippen MR) is 25.8 cm³/mol. The van der Waals surface area contributed by atoms with Crippen molar-refractivity contribution in [3.05, 3.63) is 11.4 Å². The SMILES string of the molecule is [C-]#[N+]CC[C@H]1CO1. The van der Waals surface area contributed by atoms with Gasteiger partial charge in [-0.05, 0) is 0 Å². The highest BCUT2D eigenvalue weighted by atomic mass is 16.6. The molecule has 0 aromatic rings. The van der Waals surface area contributed by atoms with Crippen LogP contribution in [0.2, 0.25) is 0 Å². The van der Waals surface area contributed by atoms with E-state index in [2.05, 4.69) is 4.85 Å². The van der Waals surface area contributed by atoms with E-state index in [9.17, 15) is 0 Å². The Morgan fingerprint density at radius 3 is 3.00 bits per heavy atom. The Bertz CT molecular complexity index is 90.7. The smallest absolute Gasteiger partial charge is 0.217 e. The molecule has 0 amide bonds. The normalized spacial score (nSPS) is 26.4. The van der Waals surface area contributed by atoms with Crippen molar-refractivity contribution in [2.45, 2.75) is 12.5 Å². The quantitative estimate of drug-likeness (QED) is 0.366. The molecule has 1 saturated heterocycles. The van der Waals surface area contributed by atoms with Gasteiger partial charge in [0.05, 0.1) is 12.7 Å². The van der Waals surface area contributed by atoms with Gasteiger partial charge in [-0.1, -0.05) is 0 Å². The van der Waals surface area contributed by atoms with Gasteiger partial charge >= 0.3 is 0 Å². The van der Waals surface area contributed by atoms with Gasteiger partial charge in [0.2, 0.25) is 6.54 Å². The largest absolute Gasteiger partial charge is 0.373 e. The number of hydrogen-bond donors (Lipinski definition) is 0. The lowest BCUT2D eigenvalue weighted by molar-refractivity contribution is 0.402. The van der Waals surface area contributed by atoms with Crippen molar-refractivity contribution >= 4 is 0 Å². The van der Waals surface area contributed by atoms with Gasteiger partial charge in [0.1, 0.15) is 0 Å². The third-order valence-electron chi connectivity index (χ3n) is 0.965. The first kappa shape index (κ1) is 4.61. The fourth-order valence-electron chi connectivity index (χ4n) is 0.443. The Morgan fingerprint density at radius 1 is 1.86 bits per heavy atom. The maximum atomic E-state index is 6.39. The summed E-state index contributed by atoms with van der Waals surface area (Å²) < 4.78 is 4.87. The lowest BCUT2D eigenvalue weighted by Crippen LogP contribution is -1.85. The molecule has 0 N–H and O–H groups in total. The van der Waals surface area contributed by atoms with Crippen LogP contribution in [0.5, 0.6) is 0 Å². The first-order chi connectivity index (χ1) is 3.43. The molecule has 1 rings (SSSR count). The van der Waals surface area contributed by atoms with Gasteiger partial charge < -0.3 is 9.58 Å². The van der Waals surface area contributed by atoms with E-state index in [1.807, 2.05) is 0 Å². The molecule has 1 aliphatic heterocycles. The summed E-state index contributed by atoms with van der Waals surface area (Å²) >= 11 is 0. The second-order valence-corrected chi connectivity index (χ2v) is 1.63. The molecule has 1 aliphatic rings. The van der Waals surface area contributed by atoms with Gasteiger partial charge in [-0.2, -0.15) is 0 Å². The highest BCUT2D eigenvalue weighted by Crippen LogP contribution is 2.12. The molecule has 1 fully saturated rings. The topological polar surface area (TPSA) is 16.9 Å². The molecule has 0 radical (unpaired) electrons. The summed E-state index contributed by atoms with van der Waals surface area (Å²) in [5.74, 6) is 0. The average Bonchev–Trinajstić information content (AvgIpc) is 2.42. The van der Waals surface area contributed by atoms with E-state index >= 15 is 0 Å². The van der Waals surface area contributed by atoms with E-state index < -0.39 is 0 Å². The Kier molecular flexibility index (Phi) is 1.28. The molecule has 0 aliphatic carbocycles. The zero-order chi connectivity index (χ0) is 5.11. The van der Waals surface area contributed by atoms with Gasteiger partial charge in [0.15, 0.2) is 0 Å². The minimum absolute atomic E-state index is 0.439. The maximum Gasteiger partial charge on any atom is 0.217 e. The van der Waals surface area contributed by atoms with Crippen LogP contribution in [0.3, 0.4) is 0 Å². The van der Waals surface area contributed by atoms with Gasteiger partial charge in [-0.15, -0.1) is 0 Å². The fraction of sp³-hybridized carbons (Fsp3) is 0.800. The minimum atomic E-state index is 0.439. The summed E-state index contributed by atoms with van der Waals surface area (Å²) in [6, 6.07) is 0. The van der Waals surface area contributed by atoms with Gasteiger partial charge in [-0.25, -0.2) is 6.57 Å². The van der Waals surface area contributed by atoms with Crippen molar-refractivity contribution in [2.75, 3.05) is 13.2 Å². The van der Waals surface area contributed by atoms with Crippen LogP contribution in [0.25, 0.3) is 4.85 Å². The molecule has 0 spiro atoms. The molecule has 1 heterocycles. The van der Waals surface area contributed by atoms with E-state index in [1.54, 1.807) is 0 Å². The predicted octanol–water partition coefficient (Wildman–Crippen LogP) is 0.695. The van der Waals surface area contributed by atoms with Crippen LogP contribution >= 0.6 is 0 Å². The molecular weight excluding hydrogens is 90.1 g/mol. The Hall–Kier alpha value is -0.550. The Labute approximate surface area is 42.9 Å². The first-order valence-corrected chi connectivity index (χ1v) is 2.38. The molecule has 0 aromatic heterocycles. The Balaban J connectivity index is 1.91. The summed E-state index contributed by atoms with van der Waals surface area (Å²) in [4.78, 5) is 3.19. The molecule has 0 bridgehead atoms. The summed E-state index contributed by atoms with van der Waals surface area (Å²) in [5.41, 5.74) is 0. The van der Waals surface area contributed by atoms with Crippen molar-refractivity contribution in [2.24, 2.45) is 0 Å². The highest BCUT2D eigenvalue weighted by molar-refractivity contribution is 4.73. The molecule has 0 saturated carbocycles. The van der Waals surface area contributed by atoms with Crippen LogP contribution in [-0.4, -0.2) is 19.3 Å². The van der Waals surface area contributed by atoms with E-state index in [0.29, 0.717) is 12.6 Å². The maximum absolute atomic E-state index is 6.39. The summed E-state index contributed by atoms with van der Waals surface area (Å²) in [7, 11) is 0. The van der Waals surface area contributed by atoms with Crippen molar-refractivity contribution in [1.29, 1.82) is 0 Å². The summed E-state index contributed by atoms with van der Waals surface area (Å²) in [6.07, 6.45) is 1.37. The number of ether oxygens (including phenoxy) is 1. The van der Waals surface area contributed by atoms with Crippen LogP contribution < -0.4 is 0 Å². The van der Waals surface area contributed by atoms with Crippen LogP contribution in [0, 0.1) is 6.57 Å². The molecule has 1 atom stereocenters. The van der Waals surface area contributed by atoms with Crippen LogP contribution in [0.4, 0.5) is 0 Å². The number of rotatable bonds is 2. The number of epoxide rings is 1. The molecule has 0 aromatic carbocycles. The molecule has 2 heteroatoms. The second kappa shape index (κ2) is 1.94. The lowest BCUT2D eigenvalue weighted by Gasteiger charge is -1.76. The minimum Gasteiger partial charge on any atom is -0.373 e. The zero-order valence-electron chi connectivity index (χ0n) is 4.05. The van der Waals surface area contributed by atoms with Crippen molar-refractivity contribution in [3.8, 4) is 0 Å². The fourth-order valence-corrected chi connectivity index (χ4v) is 0.443. The van der Waals surface area contributed by atoms with Gasteiger partial charge in [-0.3, -0.25) is 0 Å². The van der Waals surface area contributed by atoms with Crippen molar-refractivity contribution in [1.82, 2.24) is 0 Å². The molecule has 2 nitrogen and oxygen atoms in total. The summed E-state index contributed by atoms with van der Waals surface area (Å²) in [6.45, 7) is 7.91. The zero-order valence-corrected chi connectivity index (χ0v) is 4.05. The van der Waals surface area contributed by atoms with Gasteiger partial charge in [0, 0.05) is 6.42 Å². The standard InChI is InChI=1S/C5H7NO/c1-6-3-2-5-4-7-5/h5H,2-4H2/t5-/m0/s1. The monoisotopic (exact) mass is 97.1 g/mol. The molecule has 38 valence electrons. The lowest BCUT2D eigenvalue weighted by atomic mass is 10.3. The number of hydrogen-bond acceptors (Lipinski definition) is 1. The average molecular weight is 97.1 g/mol. The van der Waals surface area contributed by atoms with E-state index in [0.717, 1.165) is 13.0 Å². The molecule has 7 heavy (non-hydrogen) atoms. The Morgan fingerprint density at radius 2 is 2.57 bits per heavy atom. The van der Waals surface area contributed by atoms with E-state index in [4.69, 9.17) is 11.3 Å². The van der Waals surface area contributed by atoms with Crippen molar-refractivity contribution in [3.63, 3.8) is 0 Å². The third kappa shape index (κ3) is 1.56. The highest BCUT2D eigenvalue weighted by Gasteiger charge is 2.22. The van der Waals surface area contributed by atoms with E-state index in [-0.39, 0.29) is 0 Å². The van der Waals surface area contributed by atoms with E-state index in [1.165, 1.54) is 0 Å². The summed E-state index contributed by atoms with van der Waals surface area (Å²) in [5, 5.41) is 0. The van der Waals surface area contributed by atoms with Crippen molar-refractivity contribution < 1.29 is 4.74 Å². The first-order valence-electron chi connectivity index (χ1n) is 2.38. The molecular formula is C5H7NO.